The summed E-state index contributed by atoms with van der Waals surface area (Å²) in [6.07, 6.45) is 1.82. The average molecular weight is 470 g/mol. The number of anilines is 1. The highest BCUT2D eigenvalue weighted by atomic mass is 16.5. The van der Waals surface area contributed by atoms with Crippen molar-refractivity contribution < 1.29 is 4.74 Å². The van der Waals surface area contributed by atoms with Crippen LogP contribution in [-0.2, 0) is 12.5 Å². The lowest BCUT2D eigenvalue weighted by Gasteiger charge is -2.38. The van der Waals surface area contributed by atoms with Gasteiger partial charge in [0.15, 0.2) is 0 Å². The van der Waals surface area contributed by atoms with Crippen molar-refractivity contribution >= 4 is 16.7 Å². The second-order valence-corrected chi connectivity index (χ2v) is 10.0. The summed E-state index contributed by atoms with van der Waals surface area (Å²) in [4.78, 5) is 19.5. The third-order valence-electron chi connectivity index (χ3n) is 7.39. The second-order valence-electron chi connectivity index (χ2n) is 10.0. The first-order chi connectivity index (χ1) is 16.7. The Morgan fingerprint density at radius 1 is 1.14 bits per heavy atom. The molecule has 7 nitrogen and oxygen atoms in total. The predicted molar refractivity (Wildman–Crippen MR) is 137 cm³/mol. The van der Waals surface area contributed by atoms with Gasteiger partial charge in [0, 0.05) is 32.5 Å². The number of hydrogen-bond acceptors (Lipinski definition) is 6. The number of nitrogens with zero attached hydrogens (tertiary/aromatic N) is 5. The molecule has 1 unspecified atom stereocenters. The maximum atomic E-state index is 12.9. The Labute approximate surface area is 206 Å². The smallest absolute Gasteiger partial charge is 0.270 e. The minimum atomic E-state index is -0.359. The molecule has 0 amide bonds. The van der Waals surface area contributed by atoms with Gasteiger partial charge in [0.25, 0.3) is 5.56 Å². The standard InChI is InChI=1S/C28H31N5O2/c1-6-28(3,4)19-7-10-21(11-8-19)35-24-13-14-33(17-18(24)2)26-22(16-30)27(34)32(5)23-12-9-20(15-29)31-25(23)26/h7-12,18,24H,6,13-14,17H2,1-5H3/t18?,24-/m1/s1. The number of rotatable bonds is 5. The van der Waals surface area contributed by atoms with Gasteiger partial charge in [-0.1, -0.05) is 39.8 Å². The highest BCUT2D eigenvalue weighted by Gasteiger charge is 2.31. The zero-order chi connectivity index (χ0) is 25.3. The molecule has 1 aliphatic rings. The normalized spacial score (nSPS) is 18.2. The largest absolute Gasteiger partial charge is 0.490 e. The fourth-order valence-corrected chi connectivity index (χ4v) is 4.73. The van der Waals surface area contributed by atoms with Gasteiger partial charge in [0.1, 0.15) is 40.8 Å². The van der Waals surface area contributed by atoms with Gasteiger partial charge in [-0.3, -0.25) is 4.79 Å². The van der Waals surface area contributed by atoms with Crippen LogP contribution in [0.1, 0.15) is 57.4 Å². The third-order valence-corrected chi connectivity index (χ3v) is 7.39. The number of ether oxygens (including phenoxy) is 1. The Bertz CT molecular complexity index is 1390. The molecule has 0 N–H and O–H groups in total. The minimum Gasteiger partial charge on any atom is -0.490 e. The van der Waals surface area contributed by atoms with E-state index in [2.05, 4.69) is 57.0 Å². The molecule has 0 bridgehead atoms. The van der Waals surface area contributed by atoms with Crippen molar-refractivity contribution in [1.82, 2.24) is 9.55 Å². The number of aryl methyl sites for hydroxylation is 1. The van der Waals surface area contributed by atoms with Crippen molar-refractivity contribution in [2.45, 2.75) is 52.1 Å². The van der Waals surface area contributed by atoms with Crippen LogP contribution in [0.25, 0.3) is 11.0 Å². The number of benzene rings is 1. The zero-order valence-electron chi connectivity index (χ0n) is 21.0. The van der Waals surface area contributed by atoms with Crippen LogP contribution in [0, 0.1) is 28.6 Å². The molecule has 35 heavy (non-hydrogen) atoms. The second kappa shape index (κ2) is 9.43. The van der Waals surface area contributed by atoms with E-state index >= 15 is 0 Å². The molecule has 0 radical (unpaired) electrons. The maximum absolute atomic E-state index is 12.9. The van der Waals surface area contributed by atoms with Gasteiger partial charge >= 0.3 is 0 Å². The van der Waals surface area contributed by atoms with Gasteiger partial charge in [-0.15, -0.1) is 0 Å². The van der Waals surface area contributed by atoms with Gasteiger partial charge in [0.05, 0.1) is 11.2 Å². The lowest BCUT2D eigenvalue weighted by atomic mass is 9.82. The number of hydrogen-bond donors (Lipinski definition) is 0. The van der Waals surface area contributed by atoms with E-state index in [0.717, 1.165) is 18.6 Å². The van der Waals surface area contributed by atoms with E-state index in [0.29, 0.717) is 29.8 Å². The van der Waals surface area contributed by atoms with Crippen molar-refractivity contribution in [3.63, 3.8) is 0 Å². The topological polar surface area (TPSA) is 94.9 Å². The van der Waals surface area contributed by atoms with Gasteiger partial charge in [-0.25, -0.2) is 4.98 Å². The zero-order valence-corrected chi connectivity index (χ0v) is 21.0. The van der Waals surface area contributed by atoms with Crippen LogP contribution in [0.2, 0.25) is 0 Å². The number of nitriles is 2. The summed E-state index contributed by atoms with van der Waals surface area (Å²) in [5, 5.41) is 19.2. The highest BCUT2D eigenvalue weighted by molar-refractivity contribution is 5.92. The molecule has 4 rings (SSSR count). The van der Waals surface area contributed by atoms with E-state index in [1.54, 1.807) is 19.2 Å². The van der Waals surface area contributed by atoms with Crippen LogP contribution in [0.15, 0.2) is 41.2 Å². The summed E-state index contributed by atoms with van der Waals surface area (Å²) in [6, 6.07) is 15.8. The fourth-order valence-electron chi connectivity index (χ4n) is 4.73. The van der Waals surface area contributed by atoms with Crippen LogP contribution in [0.4, 0.5) is 5.69 Å². The first-order valence-electron chi connectivity index (χ1n) is 12.1. The molecule has 3 aromatic rings. The molecular formula is C28H31N5O2. The summed E-state index contributed by atoms with van der Waals surface area (Å²) in [7, 11) is 1.62. The molecule has 1 saturated heterocycles. The molecule has 1 aromatic carbocycles. The van der Waals surface area contributed by atoms with Crippen LogP contribution in [0.5, 0.6) is 5.75 Å². The Balaban J connectivity index is 1.61. The van der Waals surface area contributed by atoms with Crippen molar-refractivity contribution in [2.75, 3.05) is 18.0 Å². The molecule has 3 heterocycles. The van der Waals surface area contributed by atoms with E-state index in [-0.39, 0.29) is 34.3 Å². The Kier molecular flexibility index (Phi) is 6.54. The van der Waals surface area contributed by atoms with Crippen molar-refractivity contribution in [3.05, 3.63) is 63.6 Å². The fraction of sp³-hybridized carbons (Fsp3) is 0.429. The van der Waals surface area contributed by atoms with E-state index in [1.165, 1.54) is 10.1 Å². The number of piperidine rings is 1. The van der Waals surface area contributed by atoms with Gasteiger partial charge < -0.3 is 14.2 Å². The minimum absolute atomic E-state index is 0.0160. The van der Waals surface area contributed by atoms with Crippen LogP contribution in [-0.4, -0.2) is 28.7 Å². The lowest BCUT2D eigenvalue weighted by Crippen LogP contribution is -2.45. The van der Waals surface area contributed by atoms with E-state index < -0.39 is 0 Å². The molecule has 0 aliphatic carbocycles. The molecule has 180 valence electrons. The van der Waals surface area contributed by atoms with Gasteiger partial charge in [-0.2, -0.15) is 10.5 Å². The number of aromatic nitrogens is 2. The maximum Gasteiger partial charge on any atom is 0.270 e. The summed E-state index contributed by atoms with van der Waals surface area (Å²) >= 11 is 0. The predicted octanol–water partition coefficient (Wildman–Crippen LogP) is 4.66. The molecule has 2 aromatic heterocycles. The summed E-state index contributed by atoms with van der Waals surface area (Å²) in [5.74, 6) is 1.00. The Hall–Kier alpha value is -3.84. The Morgan fingerprint density at radius 2 is 1.86 bits per heavy atom. The number of pyridine rings is 2. The van der Waals surface area contributed by atoms with Crippen LogP contribution >= 0.6 is 0 Å². The first-order valence-corrected chi connectivity index (χ1v) is 12.1. The van der Waals surface area contributed by atoms with Crippen molar-refractivity contribution in [1.29, 1.82) is 10.5 Å². The highest BCUT2D eigenvalue weighted by Crippen LogP contribution is 2.33. The van der Waals surface area contributed by atoms with E-state index in [1.807, 2.05) is 17.0 Å². The monoisotopic (exact) mass is 469 g/mol. The van der Waals surface area contributed by atoms with Gasteiger partial charge in [-0.05, 0) is 41.7 Å². The van der Waals surface area contributed by atoms with Crippen molar-refractivity contribution in [2.24, 2.45) is 13.0 Å². The summed E-state index contributed by atoms with van der Waals surface area (Å²) in [6.45, 7) is 10.0. The number of fused-ring (bicyclic) bond motifs is 1. The average Bonchev–Trinajstić information content (AvgIpc) is 2.87. The molecule has 1 aliphatic heterocycles. The molecule has 2 atom stereocenters. The molecular weight excluding hydrogens is 438 g/mol. The van der Waals surface area contributed by atoms with Crippen molar-refractivity contribution in [3.8, 4) is 17.9 Å². The first kappa shape index (κ1) is 24.3. The molecule has 0 saturated carbocycles. The molecule has 0 spiro atoms. The van der Waals surface area contributed by atoms with Gasteiger partial charge in [0.2, 0.25) is 0 Å². The lowest BCUT2D eigenvalue weighted by molar-refractivity contribution is 0.121. The molecule has 1 fully saturated rings. The summed E-state index contributed by atoms with van der Waals surface area (Å²) in [5.41, 5.74) is 2.99. The third kappa shape index (κ3) is 4.47. The molecule has 7 heteroatoms. The SMILES string of the molecule is CCC(C)(C)c1ccc(O[C@@H]2CCN(c3c(C#N)c(=O)n(C)c4ccc(C#N)nc34)CC2C)cc1. The van der Waals surface area contributed by atoms with E-state index in [9.17, 15) is 15.3 Å². The van der Waals surface area contributed by atoms with Crippen LogP contribution < -0.4 is 15.2 Å². The summed E-state index contributed by atoms with van der Waals surface area (Å²) < 4.78 is 7.79. The Morgan fingerprint density at radius 3 is 2.46 bits per heavy atom. The quantitative estimate of drug-likeness (QED) is 0.539. The van der Waals surface area contributed by atoms with Crippen LogP contribution in [0.3, 0.4) is 0 Å². The van der Waals surface area contributed by atoms with E-state index in [4.69, 9.17) is 4.74 Å².